The molecule has 1 aliphatic heterocycles. The van der Waals surface area contributed by atoms with Crippen LogP contribution in [-0.2, 0) is 35.0 Å². The van der Waals surface area contributed by atoms with Crippen LogP contribution in [0.15, 0.2) is 5.16 Å². The summed E-state index contributed by atoms with van der Waals surface area (Å²) >= 11 is 5.08. The maximum atomic E-state index is 11.6. The van der Waals surface area contributed by atoms with Crippen molar-refractivity contribution in [3.8, 4) is 0 Å². The summed E-state index contributed by atoms with van der Waals surface area (Å²) in [6.45, 7) is 4.04. The minimum absolute atomic E-state index is 0.358. The first kappa shape index (κ1) is 12.6. The van der Waals surface area contributed by atoms with Crippen LogP contribution < -0.4 is 0 Å². The van der Waals surface area contributed by atoms with Crippen molar-refractivity contribution in [2.45, 2.75) is 32.3 Å². The minimum Gasteiger partial charge on any atom is -0.463 e. The molecular formula is C9H15NO3S2. The summed E-state index contributed by atoms with van der Waals surface area (Å²) < 4.78 is 5.04. The lowest BCUT2D eigenvalue weighted by molar-refractivity contribution is -0.167. The van der Waals surface area contributed by atoms with Crippen LogP contribution in [0.5, 0.6) is 0 Å². The van der Waals surface area contributed by atoms with E-state index < -0.39 is 5.60 Å². The normalized spacial score (nSPS) is 26.7. The number of carbonyl (C=O) groups is 1. The van der Waals surface area contributed by atoms with Crippen LogP contribution in [0.25, 0.3) is 0 Å². The third-order valence-electron chi connectivity index (χ3n) is 2.04. The van der Waals surface area contributed by atoms with Crippen LogP contribution in [0.4, 0.5) is 0 Å². The molecule has 0 N–H and O–H groups in total. The Kier molecular flexibility index (Phi) is 4.21. The van der Waals surface area contributed by atoms with Gasteiger partial charge >= 0.3 is 5.97 Å². The molecule has 0 amide bonds. The maximum absolute atomic E-state index is 11.6. The zero-order valence-corrected chi connectivity index (χ0v) is 10.7. The molecule has 0 aromatic heterocycles. The average Bonchev–Trinajstić information content (AvgIpc) is 2.59. The van der Waals surface area contributed by atoms with E-state index in [2.05, 4.69) is 5.16 Å². The highest BCUT2D eigenvalue weighted by Gasteiger charge is 2.43. The Hall–Kier alpha value is -0.490. The highest BCUT2D eigenvalue weighted by molar-refractivity contribution is 8.37. The molecule has 4 nitrogen and oxygen atoms in total. The molecule has 0 saturated heterocycles. The number of hydrogen-bond acceptors (Lipinski definition) is 5. The van der Waals surface area contributed by atoms with Gasteiger partial charge in [-0.2, -0.15) is 0 Å². The van der Waals surface area contributed by atoms with Crippen molar-refractivity contribution in [1.29, 1.82) is 0 Å². The number of carbonyl (C=O) groups excluding carboxylic acids is 1. The third-order valence-corrected chi connectivity index (χ3v) is 3.50. The van der Waals surface area contributed by atoms with Crippen LogP contribution in [0.3, 0.4) is 0 Å². The summed E-state index contributed by atoms with van der Waals surface area (Å²) in [5.74, 6) is -0.358. The fourth-order valence-corrected chi connectivity index (χ4v) is 2.00. The number of nitrogens with zero attached hydrogens (tertiary/aromatic N) is 1. The Morgan fingerprint density at radius 1 is 1.80 bits per heavy atom. The zero-order valence-electron chi connectivity index (χ0n) is 9.11. The number of oxime groups is 1. The Morgan fingerprint density at radius 2 is 2.47 bits per heavy atom. The SMILES string of the molecule is CCCOC(=O)C1(C)CC(S(C)=S)=NO1. The summed E-state index contributed by atoms with van der Waals surface area (Å²) in [6, 6.07) is 0. The van der Waals surface area contributed by atoms with E-state index in [9.17, 15) is 4.79 Å². The van der Waals surface area contributed by atoms with E-state index in [0.29, 0.717) is 13.0 Å². The Balaban J connectivity index is 2.57. The molecule has 0 bridgehead atoms. The van der Waals surface area contributed by atoms with Crippen molar-refractivity contribution in [3.63, 3.8) is 0 Å². The molecule has 86 valence electrons. The van der Waals surface area contributed by atoms with Gasteiger partial charge in [0, 0.05) is 0 Å². The standard InChI is InChI=1S/C9H15NO3S2/c1-4-5-12-8(11)9(2)6-7(10-13-9)15(3)14/h4-6H2,1-3H3. The second-order valence-corrected chi connectivity index (χ2v) is 6.45. The van der Waals surface area contributed by atoms with Gasteiger partial charge in [-0.3, -0.25) is 0 Å². The van der Waals surface area contributed by atoms with Gasteiger partial charge in [-0.25, -0.2) is 4.79 Å². The Morgan fingerprint density at radius 3 is 2.93 bits per heavy atom. The zero-order chi connectivity index (χ0) is 11.5. The van der Waals surface area contributed by atoms with Gasteiger partial charge in [-0.15, -0.1) is 0 Å². The number of ether oxygens (including phenoxy) is 1. The molecule has 1 aliphatic rings. The topological polar surface area (TPSA) is 47.9 Å². The number of esters is 1. The maximum Gasteiger partial charge on any atom is 0.353 e. The van der Waals surface area contributed by atoms with Gasteiger partial charge in [0.25, 0.3) is 0 Å². The van der Waals surface area contributed by atoms with Gasteiger partial charge in [0.05, 0.1) is 13.0 Å². The van der Waals surface area contributed by atoms with Crippen molar-refractivity contribution in [1.82, 2.24) is 0 Å². The third kappa shape index (κ3) is 2.98. The molecule has 0 fully saturated rings. The largest absolute Gasteiger partial charge is 0.463 e. The first-order valence-electron chi connectivity index (χ1n) is 4.75. The summed E-state index contributed by atoms with van der Waals surface area (Å²) in [5.41, 5.74) is -0.968. The first-order chi connectivity index (χ1) is 6.99. The van der Waals surface area contributed by atoms with E-state index in [1.54, 1.807) is 6.92 Å². The van der Waals surface area contributed by atoms with Crippen LogP contribution in [-0.4, -0.2) is 29.5 Å². The summed E-state index contributed by atoms with van der Waals surface area (Å²) in [5, 5.41) is 4.61. The van der Waals surface area contributed by atoms with Gasteiger partial charge in [-0.1, -0.05) is 21.5 Å². The molecule has 6 heteroatoms. The molecular weight excluding hydrogens is 234 g/mol. The molecule has 1 rings (SSSR count). The van der Waals surface area contributed by atoms with Gasteiger partial charge < -0.3 is 9.57 Å². The van der Waals surface area contributed by atoms with Crippen molar-refractivity contribution < 1.29 is 14.4 Å². The number of hydrogen-bond donors (Lipinski definition) is 0. The van der Waals surface area contributed by atoms with Gasteiger partial charge in [0.1, 0.15) is 5.04 Å². The highest BCUT2D eigenvalue weighted by atomic mass is 32.8. The molecule has 2 unspecified atom stereocenters. The van der Waals surface area contributed by atoms with E-state index in [0.717, 1.165) is 11.5 Å². The molecule has 0 aromatic carbocycles. The Labute approximate surface area is 96.6 Å². The molecule has 0 aliphatic carbocycles. The van der Waals surface area contributed by atoms with Crippen LogP contribution in [0, 0.1) is 0 Å². The second kappa shape index (κ2) is 5.03. The van der Waals surface area contributed by atoms with Gasteiger partial charge in [0.15, 0.2) is 0 Å². The Bertz CT molecular complexity index is 316. The van der Waals surface area contributed by atoms with Gasteiger partial charge in [0.2, 0.25) is 5.60 Å². The van der Waals surface area contributed by atoms with Crippen molar-refractivity contribution in [2.24, 2.45) is 5.16 Å². The van der Waals surface area contributed by atoms with Crippen molar-refractivity contribution in [2.75, 3.05) is 12.9 Å². The lowest BCUT2D eigenvalue weighted by Gasteiger charge is -2.18. The quantitative estimate of drug-likeness (QED) is 0.704. The predicted molar refractivity (Wildman–Crippen MR) is 63.4 cm³/mol. The second-order valence-electron chi connectivity index (χ2n) is 3.57. The monoisotopic (exact) mass is 249 g/mol. The average molecular weight is 249 g/mol. The fraction of sp³-hybridized carbons (Fsp3) is 0.778. The lowest BCUT2D eigenvalue weighted by atomic mass is 10.0. The van der Waals surface area contributed by atoms with Gasteiger partial charge in [-0.05, 0) is 30.8 Å². The van der Waals surface area contributed by atoms with E-state index in [4.69, 9.17) is 20.8 Å². The van der Waals surface area contributed by atoms with Crippen LogP contribution in [0.2, 0.25) is 0 Å². The predicted octanol–water partition coefficient (Wildman–Crippen LogP) is 1.14. The molecule has 0 spiro atoms. The number of rotatable bonds is 3. The molecule has 15 heavy (non-hydrogen) atoms. The van der Waals surface area contributed by atoms with Crippen molar-refractivity contribution in [3.05, 3.63) is 0 Å². The highest BCUT2D eigenvalue weighted by Crippen LogP contribution is 2.26. The molecule has 0 aromatic rings. The smallest absolute Gasteiger partial charge is 0.353 e. The van der Waals surface area contributed by atoms with E-state index >= 15 is 0 Å². The molecule has 0 radical (unpaired) electrons. The lowest BCUT2D eigenvalue weighted by Crippen LogP contribution is -2.37. The summed E-state index contributed by atoms with van der Waals surface area (Å²) in [7, 11) is -0.359. The summed E-state index contributed by atoms with van der Waals surface area (Å²) in [4.78, 5) is 16.8. The van der Waals surface area contributed by atoms with E-state index in [1.165, 1.54) is 0 Å². The molecule has 0 saturated carbocycles. The van der Waals surface area contributed by atoms with Crippen LogP contribution >= 0.6 is 0 Å². The molecule has 2 atom stereocenters. The first-order valence-corrected chi connectivity index (χ1v) is 7.31. The van der Waals surface area contributed by atoms with Crippen molar-refractivity contribution >= 4 is 31.7 Å². The van der Waals surface area contributed by atoms with Crippen LogP contribution in [0.1, 0.15) is 26.7 Å². The molecule has 1 heterocycles. The van der Waals surface area contributed by atoms with E-state index in [-0.39, 0.29) is 15.4 Å². The minimum atomic E-state index is -0.968. The summed E-state index contributed by atoms with van der Waals surface area (Å²) in [6.07, 6.45) is 3.12. The fourth-order valence-electron chi connectivity index (χ4n) is 1.12. The van der Waals surface area contributed by atoms with E-state index in [1.807, 2.05) is 13.2 Å².